The first-order chi connectivity index (χ1) is 17.4. The largest absolute Gasteiger partial charge is 0.479 e. The number of carbonyl (C=O) groups is 1. The first-order valence-corrected chi connectivity index (χ1v) is 12.0. The van der Waals surface area contributed by atoms with E-state index in [1.54, 1.807) is 6.07 Å². The molecule has 2 aliphatic rings. The van der Waals surface area contributed by atoms with Crippen LogP contribution in [0.2, 0.25) is 0 Å². The number of hydrogen-bond donors (Lipinski definition) is 2. The molecule has 0 amide bonds. The maximum Gasteiger partial charge on any atom is 0.332 e. The van der Waals surface area contributed by atoms with Gasteiger partial charge in [0.15, 0.2) is 23.6 Å². The molecule has 0 radical (unpaired) electrons. The maximum atomic E-state index is 16.2. The lowest BCUT2D eigenvalue weighted by molar-refractivity contribution is -0.153. The first-order valence-electron chi connectivity index (χ1n) is 12.0. The van der Waals surface area contributed by atoms with Crippen LogP contribution in [0.25, 0.3) is 27.5 Å². The van der Waals surface area contributed by atoms with E-state index in [9.17, 15) is 18.7 Å². The summed E-state index contributed by atoms with van der Waals surface area (Å²) < 4.78 is 57.5. The zero-order valence-corrected chi connectivity index (χ0v) is 19.3. The number of nitrogens with one attached hydrogen (secondary N) is 1. The molecule has 2 fully saturated rings. The normalized spacial score (nSPS) is 21.4. The third-order valence-electron chi connectivity index (χ3n) is 7.41. The van der Waals surface area contributed by atoms with Gasteiger partial charge in [0.05, 0.1) is 18.3 Å². The van der Waals surface area contributed by atoms with Gasteiger partial charge in [-0.05, 0) is 49.4 Å². The van der Waals surface area contributed by atoms with E-state index in [0.717, 1.165) is 23.4 Å². The van der Waals surface area contributed by atoms with E-state index in [1.807, 2.05) is 4.57 Å². The van der Waals surface area contributed by atoms with Crippen LogP contribution in [0.5, 0.6) is 0 Å². The van der Waals surface area contributed by atoms with Crippen molar-refractivity contribution in [3.8, 4) is 5.69 Å². The number of aromatic amines is 1. The van der Waals surface area contributed by atoms with Gasteiger partial charge in [-0.3, -0.25) is 5.10 Å². The monoisotopic (exact) mass is 499 g/mol. The second-order valence-corrected chi connectivity index (χ2v) is 9.47. The number of carboxylic acids is 1. The number of nitrogens with zero attached hydrogens (tertiary/aromatic N) is 2. The van der Waals surface area contributed by atoms with Crippen LogP contribution in [0.3, 0.4) is 0 Å². The Balaban J connectivity index is 1.66. The van der Waals surface area contributed by atoms with Crippen molar-refractivity contribution in [3.05, 3.63) is 59.2 Å². The number of H-pyrrole nitrogens is 1. The van der Waals surface area contributed by atoms with Crippen molar-refractivity contribution in [3.63, 3.8) is 0 Å². The molecule has 0 aliphatic carbocycles. The lowest BCUT2D eigenvalue weighted by atomic mass is 9.84. The molecule has 2 atom stereocenters. The molecule has 7 nitrogen and oxygen atoms in total. The summed E-state index contributed by atoms with van der Waals surface area (Å²) in [6, 6.07) is 5.48. The van der Waals surface area contributed by atoms with Crippen molar-refractivity contribution in [1.82, 2.24) is 14.8 Å². The minimum atomic E-state index is -1.02. The van der Waals surface area contributed by atoms with Crippen molar-refractivity contribution in [2.24, 2.45) is 0 Å². The average Bonchev–Trinajstić information content (AvgIpc) is 3.50. The molecule has 0 spiro atoms. The van der Waals surface area contributed by atoms with Crippen LogP contribution in [0.1, 0.15) is 48.8 Å². The Morgan fingerprint density at radius 1 is 1.06 bits per heavy atom. The van der Waals surface area contributed by atoms with Crippen LogP contribution >= 0.6 is 0 Å². The van der Waals surface area contributed by atoms with Gasteiger partial charge in [0, 0.05) is 53.3 Å². The van der Waals surface area contributed by atoms with Gasteiger partial charge in [-0.1, -0.05) is 0 Å². The van der Waals surface area contributed by atoms with Crippen molar-refractivity contribution in [1.29, 1.82) is 0 Å². The fraction of sp³-hybridized carbons (Fsp3) is 0.385. The zero-order chi connectivity index (χ0) is 25.0. The molecule has 10 heteroatoms. The quantitative estimate of drug-likeness (QED) is 0.405. The number of benzene rings is 2. The minimum absolute atomic E-state index is 0.0256. The fourth-order valence-electron chi connectivity index (χ4n) is 5.71. The van der Waals surface area contributed by atoms with Crippen LogP contribution in [0.15, 0.2) is 30.5 Å². The van der Waals surface area contributed by atoms with Gasteiger partial charge in [0.25, 0.3) is 0 Å². The molecule has 4 aromatic rings. The van der Waals surface area contributed by atoms with Crippen molar-refractivity contribution in [2.45, 2.75) is 43.6 Å². The molecule has 0 saturated carbocycles. The number of aliphatic carboxylic acids is 1. The molecule has 36 heavy (non-hydrogen) atoms. The minimum Gasteiger partial charge on any atom is -0.479 e. The molecule has 2 aliphatic heterocycles. The average molecular weight is 499 g/mol. The van der Waals surface area contributed by atoms with Crippen molar-refractivity contribution >= 4 is 27.8 Å². The number of halogens is 3. The highest BCUT2D eigenvalue weighted by atomic mass is 19.2. The third-order valence-corrected chi connectivity index (χ3v) is 7.41. The molecule has 6 rings (SSSR count). The summed E-state index contributed by atoms with van der Waals surface area (Å²) >= 11 is 0. The lowest BCUT2D eigenvalue weighted by Gasteiger charge is -2.31. The Kier molecular flexibility index (Phi) is 5.72. The Morgan fingerprint density at radius 3 is 2.56 bits per heavy atom. The SMILES string of the molecule is O=C(O)C1CC[C@@H](c2c(C3CCOCC3)n(-c3ccc(F)c(F)c3)c3cc4cn[nH]c4c(F)c23)CO1. The van der Waals surface area contributed by atoms with E-state index < -0.39 is 29.5 Å². The summed E-state index contributed by atoms with van der Waals surface area (Å²) in [4.78, 5) is 11.5. The van der Waals surface area contributed by atoms with Gasteiger partial charge in [0.2, 0.25) is 0 Å². The third kappa shape index (κ3) is 3.67. The summed E-state index contributed by atoms with van der Waals surface area (Å²) in [5.41, 5.74) is 2.68. The zero-order valence-electron chi connectivity index (χ0n) is 19.3. The molecule has 2 saturated heterocycles. The topological polar surface area (TPSA) is 89.4 Å². The molecule has 2 aromatic heterocycles. The summed E-state index contributed by atoms with van der Waals surface area (Å²) in [6.45, 7) is 1.17. The van der Waals surface area contributed by atoms with Crippen LogP contribution < -0.4 is 0 Å². The van der Waals surface area contributed by atoms with Gasteiger partial charge in [-0.15, -0.1) is 0 Å². The van der Waals surface area contributed by atoms with Crippen LogP contribution in [-0.2, 0) is 14.3 Å². The van der Waals surface area contributed by atoms with E-state index in [4.69, 9.17) is 9.47 Å². The van der Waals surface area contributed by atoms with E-state index in [2.05, 4.69) is 10.2 Å². The number of aromatic nitrogens is 3. The Hall–Kier alpha value is -3.37. The van der Waals surface area contributed by atoms with Gasteiger partial charge in [-0.25, -0.2) is 18.0 Å². The second-order valence-electron chi connectivity index (χ2n) is 9.47. The number of carboxylic acid groups (broad SMARTS) is 1. The van der Waals surface area contributed by atoms with Gasteiger partial charge in [0.1, 0.15) is 5.52 Å². The summed E-state index contributed by atoms with van der Waals surface area (Å²) in [5.74, 6) is -3.77. The van der Waals surface area contributed by atoms with Gasteiger partial charge >= 0.3 is 5.97 Å². The maximum absolute atomic E-state index is 16.2. The van der Waals surface area contributed by atoms with Gasteiger partial charge < -0.3 is 19.1 Å². The van der Waals surface area contributed by atoms with E-state index in [0.29, 0.717) is 60.9 Å². The Morgan fingerprint density at radius 2 is 1.86 bits per heavy atom. The molecule has 188 valence electrons. The van der Waals surface area contributed by atoms with E-state index in [1.165, 1.54) is 12.3 Å². The highest BCUT2D eigenvalue weighted by Gasteiger charge is 2.36. The second kappa shape index (κ2) is 8.94. The summed E-state index contributed by atoms with van der Waals surface area (Å²) in [7, 11) is 0. The number of hydrogen-bond acceptors (Lipinski definition) is 4. The van der Waals surface area contributed by atoms with Crippen LogP contribution in [-0.4, -0.2) is 51.8 Å². The number of ether oxygens (including phenoxy) is 2. The molecule has 2 N–H and O–H groups in total. The standard InChI is InChI=1S/C26H24F3N3O4/c27-17-3-2-16(10-18(17)28)32-19-9-15-11-30-31-24(15)23(29)22(19)21(25(32)13-5-7-35-8-6-13)14-1-4-20(26(33)34)36-12-14/h2-3,9-11,13-14,20H,1,4-8,12H2,(H,30,31)(H,33,34)/t14-,20?/m1/s1. The molecule has 2 aromatic carbocycles. The lowest BCUT2D eigenvalue weighted by Crippen LogP contribution is -2.32. The van der Waals surface area contributed by atoms with Crippen molar-refractivity contribution < 1.29 is 32.5 Å². The molecule has 0 bridgehead atoms. The molecule has 1 unspecified atom stereocenters. The number of fused-ring (bicyclic) bond motifs is 2. The van der Waals surface area contributed by atoms with Gasteiger partial charge in [-0.2, -0.15) is 5.10 Å². The molecule has 4 heterocycles. The van der Waals surface area contributed by atoms with E-state index >= 15 is 4.39 Å². The Labute approximate surface area is 203 Å². The molecular weight excluding hydrogens is 475 g/mol. The predicted octanol–water partition coefficient (Wildman–Crippen LogP) is 5.17. The van der Waals surface area contributed by atoms with Crippen LogP contribution in [0.4, 0.5) is 13.2 Å². The summed E-state index contributed by atoms with van der Waals surface area (Å²) in [6.07, 6.45) is 2.76. The first kappa shape index (κ1) is 23.1. The smallest absolute Gasteiger partial charge is 0.332 e. The van der Waals surface area contributed by atoms with E-state index in [-0.39, 0.29) is 24.0 Å². The Bertz CT molecular complexity index is 1470. The van der Waals surface area contributed by atoms with Crippen molar-refractivity contribution in [2.75, 3.05) is 19.8 Å². The van der Waals surface area contributed by atoms with Crippen LogP contribution in [0, 0.1) is 17.5 Å². The summed E-state index contributed by atoms with van der Waals surface area (Å²) in [5, 5.41) is 17.0. The number of rotatable bonds is 4. The fourth-order valence-corrected chi connectivity index (χ4v) is 5.71. The highest BCUT2D eigenvalue weighted by molar-refractivity contribution is 6.00. The highest BCUT2D eigenvalue weighted by Crippen LogP contribution is 2.46. The molecular formula is C26H24F3N3O4. The predicted molar refractivity (Wildman–Crippen MR) is 125 cm³/mol.